The summed E-state index contributed by atoms with van der Waals surface area (Å²) in [6.07, 6.45) is 4.78. The van der Waals surface area contributed by atoms with Gasteiger partial charge in [0.15, 0.2) is 0 Å². The van der Waals surface area contributed by atoms with Gasteiger partial charge in [-0.25, -0.2) is 0 Å². The molecule has 5 heteroatoms. The predicted molar refractivity (Wildman–Crippen MR) is 87.8 cm³/mol. The second-order valence-corrected chi connectivity index (χ2v) is 6.96. The van der Waals surface area contributed by atoms with Gasteiger partial charge in [-0.2, -0.15) is 11.3 Å². The third-order valence-corrected chi connectivity index (χ3v) is 5.47. The van der Waals surface area contributed by atoms with Gasteiger partial charge in [0.25, 0.3) is 0 Å². The largest absolute Gasteiger partial charge is 0.311 e. The van der Waals surface area contributed by atoms with Crippen molar-refractivity contribution in [3.05, 3.63) is 46.9 Å². The summed E-state index contributed by atoms with van der Waals surface area (Å²) in [6.45, 7) is 3.70. The number of anilines is 1. The molecule has 4 nitrogen and oxygen atoms in total. The van der Waals surface area contributed by atoms with E-state index in [1.807, 2.05) is 28.7 Å². The molecule has 2 fully saturated rings. The highest BCUT2D eigenvalue weighted by atomic mass is 32.1. The molecule has 0 radical (unpaired) electrons. The lowest BCUT2D eigenvalue weighted by molar-refractivity contribution is -0.124. The first kappa shape index (κ1) is 13.9. The minimum Gasteiger partial charge on any atom is -0.311 e. The zero-order chi connectivity index (χ0) is 14.9. The Kier molecular flexibility index (Phi) is 3.68. The number of carbonyl (C=O) groups excluding carboxylic acids is 1. The average molecular weight is 313 g/mol. The Bertz CT molecular complexity index is 643. The van der Waals surface area contributed by atoms with E-state index in [1.54, 1.807) is 11.3 Å². The lowest BCUT2D eigenvalue weighted by Crippen LogP contribution is -2.45. The van der Waals surface area contributed by atoms with Crippen LogP contribution >= 0.6 is 11.3 Å². The molecule has 2 aliphatic rings. The van der Waals surface area contributed by atoms with Gasteiger partial charge in [0.2, 0.25) is 5.91 Å². The zero-order valence-electron chi connectivity index (χ0n) is 12.4. The van der Waals surface area contributed by atoms with E-state index in [0.717, 1.165) is 38.3 Å². The minimum atomic E-state index is 0.162. The molecule has 2 aromatic rings. The van der Waals surface area contributed by atoms with E-state index in [0.29, 0.717) is 11.8 Å². The standard InChI is InChI=1S/C17H19N3OS/c21-17-16-11-19(9-13-1-5-18-6-2-13)10-14(16)3-7-20(17)15-4-8-22-12-15/h1-2,4-6,8,12,14,16H,3,7,9-11H2/t14-,16-/m0/s1. The van der Waals surface area contributed by atoms with Gasteiger partial charge in [-0.15, -0.1) is 0 Å². The molecule has 2 aromatic heterocycles. The number of carbonyl (C=O) groups is 1. The van der Waals surface area contributed by atoms with Crippen molar-refractivity contribution in [3.8, 4) is 0 Å². The Labute approximate surface area is 134 Å². The van der Waals surface area contributed by atoms with Crippen molar-refractivity contribution in [2.45, 2.75) is 13.0 Å². The van der Waals surface area contributed by atoms with E-state index in [-0.39, 0.29) is 5.92 Å². The van der Waals surface area contributed by atoms with Crippen LogP contribution in [0.15, 0.2) is 41.4 Å². The van der Waals surface area contributed by atoms with E-state index >= 15 is 0 Å². The fourth-order valence-corrected chi connectivity index (χ4v) is 4.32. The molecule has 0 spiro atoms. The van der Waals surface area contributed by atoms with Crippen LogP contribution in [-0.4, -0.2) is 35.4 Å². The van der Waals surface area contributed by atoms with Crippen LogP contribution in [0, 0.1) is 11.8 Å². The highest BCUT2D eigenvalue weighted by Gasteiger charge is 2.43. The van der Waals surface area contributed by atoms with Gasteiger partial charge in [0.1, 0.15) is 0 Å². The zero-order valence-corrected chi connectivity index (χ0v) is 13.2. The van der Waals surface area contributed by atoms with Gasteiger partial charge in [0, 0.05) is 44.0 Å². The van der Waals surface area contributed by atoms with Crippen LogP contribution in [-0.2, 0) is 11.3 Å². The maximum atomic E-state index is 12.8. The molecule has 2 atom stereocenters. The number of hydrogen-bond donors (Lipinski definition) is 0. The average Bonchev–Trinajstić information content (AvgIpc) is 3.18. The summed E-state index contributed by atoms with van der Waals surface area (Å²) in [6, 6.07) is 6.16. The number of likely N-dealkylation sites (tertiary alicyclic amines) is 1. The summed E-state index contributed by atoms with van der Waals surface area (Å²) in [5, 5.41) is 4.11. The van der Waals surface area contributed by atoms with Crippen molar-refractivity contribution in [1.29, 1.82) is 0 Å². The van der Waals surface area contributed by atoms with Crippen molar-refractivity contribution < 1.29 is 4.79 Å². The number of aromatic nitrogens is 1. The van der Waals surface area contributed by atoms with E-state index in [9.17, 15) is 4.79 Å². The molecule has 0 aliphatic carbocycles. The van der Waals surface area contributed by atoms with Gasteiger partial charge < -0.3 is 4.90 Å². The summed E-state index contributed by atoms with van der Waals surface area (Å²) in [5.41, 5.74) is 2.34. The number of fused-ring (bicyclic) bond motifs is 1. The van der Waals surface area contributed by atoms with Gasteiger partial charge >= 0.3 is 0 Å². The maximum Gasteiger partial charge on any atom is 0.231 e. The van der Waals surface area contributed by atoms with E-state index in [1.165, 1.54) is 5.56 Å². The number of piperidine rings is 1. The second-order valence-electron chi connectivity index (χ2n) is 6.18. The third-order valence-electron chi connectivity index (χ3n) is 4.80. The lowest BCUT2D eigenvalue weighted by Gasteiger charge is -2.33. The van der Waals surface area contributed by atoms with Crippen LogP contribution in [0.5, 0.6) is 0 Å². The van der Waals surface area contributed by atoms with Crippen molar-refractivity contribution >= 4 is 22.9 Å². The summed E-state index contributed by atoms with van der Waals surface area (Å²) in [4.78, 5) is 21.3. The molecule has 0 saturated carbocycles. The van der Waals surface area contributed by atoms with Crippen LogP contribution in [0.4, 0.5) is 5.69 Å². The summed E-state index contributed by atoms with van der Waals surface area (Å²) in [5.74, 6) is 0.992. The first-order chi connectivity index (χ1) is 10.8. The first-order valence-electron chi connectivity index (χ1n) is 7.76. The molecular formula is C17H19N3OS. The molecule has 114 valence electrons. The summed E-state index contributed by atoms with van der Waals surface area (Å²) in [7, 11) is 0. The number of pyridine rings is 1. The van der Waals surface area contributed by atoms with Gasteiger partial charge in [-0.3, -0.25) is 14.7 Å². The van der Waals surface area contributed by atoms with Crippen LogP contribution in [0.2, 0.25) is 0 Å². The van der Waals surface area contributed by atoms with Crippen LogP contribution in [0.1, 0.15) is 12.0 Å². The fourth-order valence-electron chi connectivity index (χ4n) is 3.68. The molecule has 1 amide bonds. The Morgan fingerprint density at radius 1 is 1.23 bits per heavy atom. The van der Waals surface area contributed by atoms with Crippen molar-refractivity contribution in [2.75, 3.05) is 24.5 Å². The Hall–Kier alpha value is -1.72. The van der Waals surface area contributed by atoms with Gasteiger partial charge in [-0.05, 0) is 41.5 Å². The number of thiophene rings is 1. The van der Waals surface area contributed by atoms with Crippen molar-refractivity contribution in [2.24, 2.45) is 11.8 Å². The minimum absolute atomic E-state index is 0.162. The number of hydrogen-bond acceptors (Lipinski definition) is 4. The smallest absolute Gasteiger partial charge is 0.231 e. The van der Waals surface area contributed by atoms with Gasteiger partial charge in [0.05, 0.1) is 11.6 Å². The highest BCUT2D eigenvalue weighted by Crippen LogP contribution is 2.35. The molecule has 0 N–H and O–H groups in total. The molecule has 0 unspecified atom stereocenters. The Balaban J connectivity index is 1.46. The van der Waals surface area contributed by atoms with Crippen LogP contribution in [0.25, 0.3) is 0 Å². The van der Waals surface area contributed by atoms with Crippen LogP contribution in [0.3, 0.4) is 0 Å². The molecule has 4 heterocycles. The predicted octanol–water partition coefficient (Wildman–Crippen LogP) is 2.63. The topological polar surface area (TPSA) is 36.4 Å². The summed E-state index contributed by atoms with van der Waals surface area (Å²) >= 11 is 1.65. The highest BCUT2D eigenvalue weighted by molar-refractivity contribution is 7.08. The monoisotopic (exact) mass is 313 g/mol. The van der Waals surface area contributed by atoms with Crippen LogP contribution < -0.4 is 4.90 Å². The maximum absolute atomic E-state index is 12.8. The molecule has 22 heavy (non-hydrogen) atoms. The molecule has 0 bridgehead atoms. The Morgan fingerprint density at radius 3 is 2.86 bits per heavy atom. The number of rotatable bonds is 3. The Morgan fingerprint density at radius 2 is 2.09 bits per heavy atom. The lowest BCUT2D eigenvalue weighted by atomic mass is 9.88. The number of amides is 1. The van der Waals surface area contributed by atoms with Crippen molar-refractivity contribution in [1.82, 2.24) is 9.88 Å². The molecule has 2 aliphatic heterocycles. The van der Waals surface area contributed by atoms with E-state index < -0.39 is 0 Å². The molecule has 2 saturated heterocycles. The first-order valence-corrected chi connectivity index (χ1v) is 8.70. The SMILES string of the molecule is O=C1[C@H]2CN(Cc3ccncc3)C[C@@H]2CCN1c1ccsc1. The second kappa shape index (κ2) is 5.82. The quantitative estimate of drug-likeness (QED) is 0.874. The van der Waals surface area contributed by atoms with Gasteiger partial charge in [-0.1, -0.05) is 0 Å². The number of nitrogens with zero attached hydrogens (tertiary/aromatic N) is 3. The molecule has 4 rings (SSSR count). The van der Waals surface area contributed by atoms with E-state index in [4.69, 9.17) is 0 Å². The normalized spacial score (nSPS) is 25.5. The molecule has 0 aromatic carbocycles. The third kappa shape index (κ3) is 2.55. The van der Waals surface area contributed by atoms with E-state index in [2.05, 4.69) is 27.4 Å². The molecular weight excluding hydrogens is 294 g/mol. The summed E-state index contributed by atoms with van der Waals surface area (Å²) < 4.78 is 0. The fraction of sp³-hybridized carbons (Fsp3) is 0.412. The van der Waals surface area contributed by atoms with Crippen molar-refractivity contribution in [3.63, 3.8) is 0 Å².